The second-order valence-corrected chi connectivity index (χ2v) is 21.7. The van der Waals surface area contributed by atoms with Crippen molar-refractivity contribution in [1.82, 2.24) is 30.9 Å². The number of nitrogens with zero attached hydrogens (tertiary/aromatic N) is 3. The Hall–Kier alpha value is -5.33. The van der Waals surface area contributed by atoms with Crippen LogP contribution in [0.4, 0.5) is 0 Å². The second kappa shape index (κ2) is 42.7. The van der Waals surface area contributed by atoms with Crippen LogP contribution < -0.4 is 16.0 Å². The number of hydrogen-bond acceptors (Lipinski definition) is 32. The van der Waals surface area contributed by atoms with Crippen LogP contribution in [0.15, 0.2) is 30.7 Å². The monoisotopic (exact) mass is 1300 g/mol. The topological polar surface area (TPSA) is 532 Å². The quantitative estimate of drug-likeness (QED) is 0.0225. The van der Waals surface area contributed by atoms with E-state index in [0.717, 1.165) is 24.6 Å². The molecule has 0 saturated carbocycles. The van der Waals surface area contributed by atoms with Gasteiger partial charge in [0.1, 0.15) is 98.9 Å². The van der Waals surface area contributed by atoms with Crippen LogP contribution in [0.25, 0.3) is 0 Å². The molecule has 16 N–H and O–H groups in total. The Morgan fingerprint density at radius 3 is 1.59 bits per heavy atom. The molecular weight excluding hydrogens is 1210 g/mol. The first kappa shape index (κ1) is 80.8. The molecule has 516 valence electrons. The maximum Gasteiger partial charge on any atom is 0.335 e. The third-order valence-electron chi connectivity index (χ3n) is 13.5. The molecule has 1 aromatic rings. The van der Waals surface area contributed by atoms with Crippen LogP contribution in [0.3, 0.4) is 0 Å². The number of rotatable bonds is 34. The zero-order chi connectivity index (χ0) is 67.8. The second-order valence-electron chi connectivity index (χ2n) is 21.7. The van der Waals surface area contributed by atoms with Gasteiger partial charge in [-0.15, -0.1) is 5.10 Å². The summed E-state index contributed by atoms with van der Waals surface area (Å²) in [6.07, 6.45) is -17.4. The number of nitrogens with one attached hydrogen (secondary N) is 3. The third-order valence-corrected chi connectivity index (χ3v) is 13.5. The molecule has 5 rings (SSSR count). The molecule has 4 fully saturated rings. The van der Waals surface area contributed by atoms with Crippen molar-refractivity contribution in [2.24, 2.45) is 23.7 Å². The minimum Gasteiger partial charge on any atom is -0.479 e. The lowest BCUT2D eigenvalue weighted by Crippen LogP contribution is -2.60. The summed E-state index contributed by atoms with van der Waals surface area (Å²) < 4.78 is 48.7. The van der Waals surface area contributed by atoms with E-state index in [2.05, 4.69) is 39.4 Å². The van der Waals surface area contributed by atoms with Crippen LogP contribution in [0, 0.1) is 23.7 Å². The Labute approximate surface area is 518 Å². The first-order chi connectivity index (χ1) is 42.5. The largest absolute Gasteiger partial charge is 0.479 e. The van der Waals surface area contributed by atoms with Gasteiger partial charge in [0.25, 0.3) is 0 Å². The number of aliphatic carboxylic acids is 1. The van der Waals surface area contributed by atoms with Crippen molar-refractivity contribution in [2.45, 2.75) is 171 Å². The van der Waals surface area contributed by atoms with Crippen molar-refractivity contribution in [1.29, 1.82) is 0 Å². The number of ketones is 1. The van der Waals surface area contributed by atoms with Gasteiger partial charge in [-0.2, -0.15) is 0 Å². The van der Waals surface area contributed by atoms with Gasteiger partial charge >= 0.3 is 5.97 Å². The average Bonchev–Trinajstić information content (AvgIpc) is 2.50. The normalized spacial score (nSPS) is 31.1. The lowest BCUT2D eigenvalue weighted by molar-refractivity contribution is -0.299. The van der Waals surface area contributed by atoms with Crippen molar-refractivity contribution in [3.8, 4) is 0 Å². The number of aldehydes is 4. The summed E-state index contributed by atoms with van der Waals surface area (Å²) in [6.45, 7) is 16.4. The molecule has 35 heteroatoms. The molecule has 90 heavy (non-hydrogen) atoms. The molecule has 12 unspecified atom stereocenters. The zero-order valence-corrected chi connectivity index (χ0v) is 50.8. The molecule has 0 bridgehead atoms. The van der Waals surface area contributed by atoms with Crippen LogP contribution >= 0.6 is 0 Å². The van der Waals surface area contributed by atoms with E-state index in [1.165, 1.54) is 6.92 Å². The summed E-state index contributed by atoms with van der Waals surface area (Å²) in [6, 6.07) is 0. The number of amides is 1. The van der Waals surface area contributed by atoms with Crippen molar-refractivity contribution in [3.05, 3.63) is 36.4 Å². The van der Waals surface area contributed by atoms with Gasteiger partial charge in [-0.05, 0) is 6.92 Å². The van der Waals surface area contributed by atoms with E-state index in [1.54, 1.807) is 38.6 Å². The van der Waals surface area contributed by atoms with E-state index in [-0.39, 0.29) is 69.5 Å². The van der Waals surface area contributed by atoms with E-state index in [4.69, 9.17) is 58.0 Å². The smallest absolute Gasteiger partial charge is 0.335 e. The molecule has 1 aromatic heterocycles. The minimum absolute atomic E-state index is 0.0331. The Morgan fingerprint density at radius 1 is 0.589 bits per heavy atom. The predicted octanol–water partition coefficient (Wildman–Crippen LogP) is -7.53. The highest BCUT2D eigenvalue weighted by Gasteiger charge is 2.47. The van der Waals surface area contributed by atoms with Gasteiger partial charge in [-0.25, -0.2) is 9.48 Å². The Bertz CT molecular complexity index is 2310. The third kappa shape index (κ3) is 28.7. The maximum atomic E-state index is 11.5. The summed E-state index contributed by atoms with van der Waals surface area (Å²) in [7, 11) is 0. The molecular formula is C55H92N6O29. The van der Waals surface area contributed by atoms with E-state index >= 15 is 0 Å². The van der Waals surface area contributed by atoms with Gasteiger partial charge in [0.05, 0.1) is 70.7 Å². The number of ether oxygens (including phenoxy) is 9. The van der Waals surface area contributed by atoms with E-state index in [1.807, 2.05) is 0 Å². The van der Waals surface area contributed by atoms with E-state index in [9.17, 15) is 84.6 Å². The number of hydrogen-bond donors (Lipinski definition) is 16. The van der Waals surface area contributed by atoms with Crippen LogP contribution in [0.2, 0.25) is 0 Å². The first-order valence-electron chi connectivity index (χ1n) is 28.8. The molecule has 35 nitrogen and oxygen atoms in total. The van der Waals surface area contributed by atoms with Crippen molar-refractivity contribution >= 4 is 42.8 Å². The lowest BCUT2D eigenvalue weighted by Gasteiger charge is -2.39. The summed E-state index contributed by atoms with van der Waals surface area (Å²) >= 11 is 0. The highest BCUT2D eigenvalue weighted by Crippen LogP contribution is 2.25. The van der Waals surface area contributed by atoms with E-state index in [0.29, 0.717) is 50.3 Å². The minimum atomic E-state index is -1.56. The molecule has 22 atom stereocenters. The summed E-state index contributed by atoms with van der Waals surface area (Å²) in [4.78, 5) is 75.8. The first-order valence-corrected chi connectivity index (χ1v) is 28.8. The van der Waals surface area contributed by atoms with Crippen LogP contribution in [-0.2, 0) is 89.2 Å². The molecule has 0 spiro atoms. The Kier molecular flexibility index (Phi) is 38.4. The molecule has 0 aliphatic carbocycles. The van der Waals surface area contributed by atoms with Gasteiger partial charge in [0.2, 0.25) is 5.91 Å². The van der Waals surface area contributed by atoms with Gasteiger partial charge in [0.15, 0.2) is 37.0 Å². The van der Waals surface area contributed by atoms with Crippen LogP contribution in [0.1, 0.15) is 53.2 Å². The molecule has 4 aliphatic heterocycles. The fourth-order valence-electron chi connectivity index (χ4n) is 7.98. The molecule has 0 radical (unpaired) electrons. The van der Waals surface area contributed by atoms with Gasteiger partial charge in [-0.3, -0.25) is 9.59 Å². The summed E-state index contributed by atoms with van der Waals surface area (Å²) in [5.74, 6) is -3.10. The van der Waals surface area contributed by atoms with Gasteiger partial charge in [-0.1, -0.05) is 46.1 Å². The standard InChI is InChI=1S/C17H27N3O8.C13H21NO7.C13H23NO6.C12H21NO8/c1-10(9-21)7-12-8-20(19-18-12)3-4-26-5-6-27-17-15(25)13(23)14(24)16(28-17)11(2)22;1-7(5-15)4-14-8(2)6-20-10-3-9(16)11(17)12(21-10)13(18)19;1-8(5-15)4-14-9(2)7-19-12-3-10(17)13(18)11(6-16)20-12;1-6(3-14)2-13-8(16)5-20-12-11(19)10(18)9(17)7(4-15)21-12/h8-10,13-17,23-25H,3-7H2,1-2H3;5,7,9-12,14,16-17H,2-4,6H2,1H3,(H,18,19);5,8,10-14,16-18H,2-4,6-7H2,1H3;3,6-7,9-12,15,17-19H,2,4-5H2,1H3,(H,13,16)/t10-,13-,14?,15-,16?,17?;7-,9+,10?,11?,12?;8-,10+,11?,12?,13?;6-,7?,9?,10-,11+,12?/m0000/s1. The highest BCUT2D eigenvalue weighted by atomic mass is 16.7. The maximum absolute atomic E-state index is 11.5. The number of Topliss-reactive ketones (excluding diaryl/α,β-unsaturated/α-hetero) is 1. The van der Waals surface area contributed by atoms with Gasteiger partial charge in [0, 0.05) is 80.2 Å². The fraction of sp³-hybridized carbons (Fsp3) is 0.764. The number of aromatic nitrogens is 3. The SMILES string of the molecule is C=C(COC1C[C@@H](O)C(O)C(C(=O)O)O1)NC[C@H](C)C=O.C=C(COC1C[C@@H](O)C(O)C(CO)O1)NC[C@H](C)C=O.CC(=O)C1OC(OCCOCCn2cc(C[C@H](C)C=O)nn2)[C@@H](O)[C@@H](O)C1O.C[C@H](C=O)CNC(=O)COC1OC(CO)C(O)[C@H](O)[C@H]1O. The van der Waals surface area contributed by atoms with Crippen molar-refractivity contribution < 1.29 is 143 Å². The number of aliphatic hydroxyl groups excluding tert-OH is 12. The van der Waals surface area contributed by atoms with Gasteiger partial charge < -0.3 is 144 Å². The lowest BCUT2D eigenvalue weighted by atomic mass is 9.97. The zero-order valence-electron chi connectivity index (χ0n) is 50.8. The number of carbonyl (C=O) groups excluding carboxylic acids is 6. The number of carboxylic acids is 1. The number of carboxylic acid groups (broad SMARTS) is 1. The molecule has 4 aliphatic rings. The average molecular weight is 1300 g/mol. The highest BCUT2D eigenvalue weighted by molar-refractivity contribution is 5.81. The summed E-state index contributed by atoms with van der Waals surface area (Å²) in [5.41, 5.74) is 1.82. The Morgan fingerprint density at radius 2 is 1.08 bits per heavy atom. The molecule has 4 saturated heterocycles. The van der Waals surface area contributed by atoms with Crippen molar-refractivity contribution in [3.63, 3.8) is 0 Å². The van der Waals surface area contributed by atoms with E-state index < -0.39 is 148 Å². The number of aliphatic hydroxyl groups is 12. The number of carbonyl (C=O) groups is 7. The van der Waals surface area contributed by atoms with Crippen molar-refractivity contribution in [2.75, 3.05) is 72.5 Å². The van der Waals surface area contributed by atoms with Crippen LogP contribution in [0.5, 0.6) is 0 Å². The van der Waals surface area contributed by atoms with Crippen LogP contribution in [-0.4, -0.2) is 307 Å². The predicted molar refractivity (Wildman–Crippen MR) is 303 cm³/mol. The molecule has 0 aromatic carbocycles. The summed E-state index contributed by atoms with van der Waals surface area (Å²) in [5, 5.41) is 140. The molecule has 1 amide bonds. The fourth-order valence-corrected chi connectivity index (χ4v) is 7.98. The molecule has 5 heterocycles. The Balaban J connectivity index is 0.000000413.